The minimum Gasteiger partial charge on any atom is -0.452 e. The van der Waals surface area contributed by atoms with E-state index in [4.69, 9.17) is 9.15 Å². The maximum absolute atomic E-state index is 12.6. The fourth-order valence-corrected chi connectivity index (χ4v) is 3.04. The first kappa shape index (κ1) is 18.9. The molecule has 4 rings (SSSR count). The minimum atomic E-state index is -0.631. The van der Waals surface area contributed by atoms with Crippen LogP contribution in [-0.2, 0) is 9.53 Å². The van der Waals surface area contributed by atoms with Gasteiger partial charge in [0.2, 0.25) is 5.89 Å². The van der Waals surface area contributed by atoms with E-state index in [9.17, 15) is 9.59 Å². The molecular weight excluding hydrogens is 436 g/mol. The van der Waals surface area contributed by atoms with Gasteiger partial charge in [-0.3, -0.25) is 4.79 Å². The van der Waals surface area contributed by atoms with Crippen LogP contribution in [0.1, 0.15) is 10.4 Å². The number of rotatable bonds is 5. The lowest BCUT2D eigenvalue weighted by Gasteiger charge is -2.08. The maximum atomic E-state index is 12.6. The van der Waals surface area contributed by atoms with Crippen molar-refractivity contribution in [2.75, 3.05) is 11.9 Å². The zero-order valence-electron chi connectivity index (χ0n) is 15.1. The molecular formula is C22H15BrN2O4. The van der Waals surface area contributed by atoms with Crippen molar-refractivity contribution in [1.82, 2.24) is 4.98 Å². The number of halogens is 1. The number of para-hydroxylation sites is 2. The highest BCUT2D eigenvalue weighted by Crippen LogP contribution is 2.27. The average Bonchev–Trinajstić information content (AvgIpc) is 3.18. The molecule has 3 aromatic carbocycles. The zero-order chi connectivity index (χ0) is 20.2. The molecule has 0 atom stereocenters. The van der Waals surface area contributed by atoms with E-state index in [0.717, 1.165) is 4.47 Å². The van der Waals surface area contributed by atoms with Gasteiger partial charge in [-0.05, 0) is 48.5 Å². The lowest BCUT2D eigenvalue weighted by Crippen LogP contribution is -2.21. The highest BCUT2D eigenvalue weighted by atomic mass is 79.9. The van der Waals surface area contributed by atoms with E-state index in [1.54, 1.807) is 54.6 Å². The number of ether oxygens (including phenoxy) is 1. The van der Waals surface area contributed by atoms with Gasteiger partial charge in [-0.1, -0.05) is 40.2 Å². The Morgan fingerprint density at radius 3 is 2.48 bits per heavy atom. The second-order valence-electron chi connectivity index (χ2n) is 6.16. The van der Waals surface area contributed by atoms with Gasteiger partial charge >= 0.3 is 5.97 Å². The number of nitrogens with zero attached hydrogens (tertiary/aromatic N) is 1. The molecule has 0 bridgehead atoms. The maximum Gasteiger partial charge on any atom is 0.339 e. The molecule has 4 aromatic rings. The van der Waals surface area contributed by atoms with Gasteiger partial charge in [-0.15, -0.1) is 0 Å². The Kier molecular flexibility index (Phi) is 5.39. The van der Waals surface area contributed by atoms with Gasteiger partial charge in [0.05, 0.1) is 11.1 Å². The fraction of sp³-hybridized carbons (Fsp3) is 0.0455. The SMILES string of the molecule is O=C(COC(=O)c1ccccc1-c1nc2ccccc2o1)Nc1ccc(Br)cc1. The molecule has 29 heavy (non-hydrogen) atoms. The lowest BCUT2D eigenvalue weighted by atomic mass is 10.1. The lowest BCUT2D eigenvalue weighted by molar-refractivity contribution is -0.119. The number of carbonyl (C=O) groups is 2. The Morgan fingerprint density at radius 2 is 1.69 bits per heavy atom. The molecule has 0 radical (unpaired) electrons. The number of benzene rings is 3. The van der Waals surface area contributed by atoms with E-state index in [1.165, 1.54) is 0 Å². The second kappa shape index (κ2) is 8.28. The summed E-state index contributed by atoms with van der Waals surface area (Å²) in [5.74, 6) is -0.744. The number of esters is 1. The van der Waals surface area contributed by atoms with Crippen molar-refractivity contribution in [3.05, 3.63) is 82.8 Å². The fourth-order valence-electron chi connectivity index (χ4n) is 2.77. The Morgan fingerprint density at radius 1 is 0.966 bits per heavy atom. The Labute approximate surface area is 174 Å². The highest BCUT2D eigenvalue weighted by molar-refractivity contribution is 9.10. The molecule has 0 aliphatic carbocycles. The number of carbonyl (C=O) groups excluding carboxylic acids is 2. The largest absolute Gasteiger partial charge is 0.452 e. The van der Waals surface area contributed by atoms with E-state index in [2.05, 4.69) is 26.2 Å². The van der Waals surface area contributed by atoms with Crippen LogP contribution in [0.25, 0.3) is 22.6 Å². The van der Waals surface area contributed by atoms with Gasteiger partial charge in [0.25, 0.3) is 5.91 Å². The van der Waals surface area contributed by atoms with Crippen LogP contribution in [0, 0.1) is 0 Å². The number of fused-ring (bicyclic) bond motifs is 1. The van der Waals surface area contributed by atoms with Crippen molar-refractivity contribution in [3.63, 3.8) is 0 Å². The smallest absolute Gasteiger partial charge is 0.339 e. The normalized spacial score (nSPS) is 10.7. The molecule has 6 nitrogen and oxygen atoms in total. The third kappa shape index (κ3) is 4.35. The summed E-state index contributed by atoms with van der Waals surface area (Å²) in [5.41, 5.74) is 2.71. The first-order chi connectivity index (χ1) is 14.1. The first-order valence-corrected chi connectivity index (χ1v) is 9.57. The summed E-state index contributed by atoms with van der Waals surface area (Å²) in [6.45, 7) is -0.406. The average molecular weight is 451 g/mol. The molecule has 7 heteroatoms. The third-order valence-electron chi connectivity index (χ3n) is 4.13. The molecule has 0 unspecified atom stereocenters. The van der Waals surface area contributed by atoms with Crippen LogP contribution >= 0.6 is 15.9 Å². The number of anilines is 1. The van der Waals surface area contributed by atoms with Crippen molar-refractivity contribution in [2.45, 2.75) is 0 Å². The molecule has 0 spiro atoms. The standard InChI is InChI=1S/C22H15BrN2O4/c23-14-9-11-15(12-10-14)24-20(26)13-28-22(27)17-6-2-1-5-16(17)21-25-18-7-3-4-8-19(18)29-21/h1-12H,13H2,(H,24,26). The highest BCUT2D eigenvalue weighted by Gasteiger charge is 2.19. The Bertz CT molecular complexity index is 1150. The van der Waals surface area contributed by atoms with Crippen LogP contribution in [0.2, 0.25) is 0 Å². The molecule has 1 N–H and O–H groups in total. The van der Waals surface area contributed by atoms with Gasteiger partial charge in [-0.2, -0.15) is 0 Å². The molecule has 0 saturated heterocycles. The predicted octanol–water partition coefficient (Wildman–Crippen LogP) is 5.05. The van der Waals surface area contributed by atoms with Crippen molar-refractivity contribution >= 4 is 44.6 Å². The van der Waals surface area contributed by atoms with Crippen molar-refractivity contribution < 1.29 is 18.7 Å². The van der Waals surface area contributed by atoms with E-state index in [1.807, 2.05) is 18.2 Å². The van der Waals surface area contributed by atoms with Gasteiger partial charge in [0, 0.05) is 10.2 Å². The van der Waals surface area contributed by atoms with Gasteiger partial charge in [0.15, 0.2) is 12.2 Å². The Balaban J connectivity index is 1.47. The predicted molar refractivity (Wildman–Crippen MR) is 112 cm³/mol. The van der Waals surface area contributed by atoms with Crippen LogP contribution in [0.5, 0.6) is 0 Å². The van der Waals surface area contributed by atoms with E-state index in [0.29, 0.717) is 28.2 Å². The van der Waals surface area contributed by atoms with E-state index < -0.39 is 18.5 Å². The molecule has 0 aliphatic heterocycles. The molecule has 144 valence electrons. The van der Waals surface area contributed by atoms with Gasteiger partial charge in [0.1, 0.15) is 5.52 Å². The quantitative estimate of drug-likeness (QED) is 0.430. The summed E-state index contributed by atoms with van der Waals surface area (Å²) in [4.78, 5) is 29.1. The number of oxazole rings is 1. The first-order valence-electron chi connectivity index (χ1n) is 8.78. The van der Waals surface area contributed by atoms with E-state index >= 15 is 0 Å². The number of aromatic nitrogens is 1. The van der Waals surface area contributed by atoms with Crippen LogP contribution < -0.4 is 5.32 Å². The van der Waals surface area contributed by atoms with Crippen LogP contribution in [0.15, 0.2) is 81.7 Å². The summed E-state index contributed by atoms with van der Waals surface area (Å²) in [6.07, 6.45) is 0. The third-order valence-corrected chi connectivity index (χ3v) is 4.66. The molecule has 0 aliphatic rings. The van der Waals surface area contributed by atoms with E-state index in [-0.39, 0.29) is 5.56 Å². The van der Waals surface area contributed by atoms with Crippen molar-refractivity contribution in [2.24, 2.45) is 0 Å². The summed E-state index contributed by atoms with van der Waals surface area (Å²) in [6, 6.07) is 21.3. The molecule has 1 amide bonds. The topological polar surface area (TPSA) is 81.4 Å². The van der Waals surface area contributed by atoms with Gasteiger partial charge in [-0.25, -0.2) is 9.78 Å². The number of hydrogen-bond acceptors (Lipinski definition) is 5. The monoisotopic (exact) mass is 450 g/mol. The second-order valence-corrected chi connectivity index (χ2v) is 7.08. The number of nitrogens with one attached hydrogen (secondary N) is 1. The number of hydrogen-bond donors (Lipinski definition) is 1. The van der Waals surface area contributed by atoms with Gasteiger partial charge < -0.3 is 14.5 Å². The summed E-state index contributed by atoms with van der Waals surface area (Å²) < 4.78 is 11.9. The van der Waals surface area contributed by atoms with Crippen LogP contribution in [0.4, 0.5) is 5.69 Å². The summed E-state index contributed by atoms with van der Waals surface area (Å²) >= 11 is 3.33. The molecule has 1 aromatic heterocycles. The molecule has 0 saturated carbocycles. The van der Waals surface area contributed by atoms with Crippen LogP contribution in [0.3, 0.4) is 0 Å². The Hall–Kier alpha value is -3.45. The van der Waals surface area contributed by atoms with Crippen molar-refractivity contribution in [1.29, 1.82) is 0 Å². The summed E-state index contributed by atoms with van der Waals surface area (Å²) in [5, 5.41) is 2.67. The number of amides is 1. The summed E-state index contributed by atoms with van der Waals surface area (Å²) in [7, 11) is 0. The minimum absolute atomic E-state index is 0.274. The molecule has 0 fully saturated rings. The van der Waals surface area contributed by atoms with Crippen LogP contribution in [-0.4, -0.2) is 23.5 Å². The molecule has 1 heterocycles. The zero-order valence-corrected chi connectivity index (χ0v) is 16.7. The van der Waals surface area contributed by atoms with Crippen molar-refractivity contribution in [3.8, 4) is 11.5 Å².